The Hall–Kier alpha value is -2.17. The van der Waals surface area contributed by atoms with Crippen LogP contribution in [0.25, 0.3) is 0 Å². The first-order chi connectivity index (χ1) is 11.6. The van der Waals surface area contributed by atoms with E-state index in [4.69, 9.17) is 9.47 Å². The largest absolute Gasteiger partial charge is 0.465 e. The molecule has 24 heavy (non-hydrogen) atoms. The summed E-state index contributed by atoms with van der Waals surface area (Å²) in [6, 6.07) is 4.68. The maximum atomic E-state index is 12.6. The highest BCUT2D eigenvalue weighted by Crippen LogP contribution is 2.30. The summed E-state index contributed by atoms with van der Waals surface area (Å²) in [5.74, 6) is -1.31. The van der Waals surface area contributed by atoms with E-state index in [-0.39, 0.29) is 41.0 Å². The van der Waals surface area contributed by atoms with E-state index in [2.05, 4.69) is 0 Å². The van der Waals surface area contributed by atoms with E-state index in [9.17, 15) is 14.4 Å². The zero-order valence-corrected chi connectivity index (χ0v) is 14.3. The molecule has 5 nitrogen and oxygen atoms in total. The fraction of sp³-hybridized carbons (Fsp3) is 0.526. The number of hydrogen-bond acceptors (Lipinski definition) is 5. The summed E-state index contributed by atoms with van der Waals surface area (Å²) in [6.07, 6.45) is 6.09. The van der Waals surface area contributed by atoms with Crippen LogP contribution >= 0.6 is 0 Å². The van der Waals surface area contributed by atoms with Gasteiger partial charge in [-0.25, -0.2) is 4.79 Å². The van der Waals surface area contributed by atoms with Crippen LogP contribution in [0.2, 0.25) is 0 Å². The third-order valence-corrected chi connectivity index (χ3v) is 4.43. The van der Waals surface area contributed by atoms with Gasteiger partial charge in [0.15, 0.2) is 11.5 Å². The number of hydrogen-bond donors (Lipinski definition) is 0. The number of methoxy groups -OCH3 is 1. The minimum absolute atomic E-state index is 0.0328. The number of ether oxygens (including phenoxy) is 2. The molecule has 0 heterocycles. The molecular formula is C19H24O5. The molecule has 2 rings (SSSR count). The third-order valence-electron chi connectivity index (χ3n) is 4.43. The SMILES string of the molecule is CCC(=O)c1cccc(C(=O)OC)c1OC(=O)C1CCCCCC1. The molecule has 1 aromatic carbocycles. The Morgan fingerprint density at radius 1 is 1.04 bits per heavy atom. The Balaban J connectivity index is 2.33. The number of ketones is 1. The molecule has 130 valence electrons. The van der Waals surface area contributed by atoms with Crippen molar-refractivity contribution >= 4 is 17.7 Å². The molecule has 1 aromatic rings. The lowest BCUT2D eigenvalue weighted by molar-refractivity contribution is -0.139. The number of carbonyl (C=O) groups excluding carboxylic acids is 3. The van der Waals surface area contributed by atoms with Gasteiger partial charge in [0.05, 0.1) is 18.6 Å². The van der Waals surface area contributed by atoms with Crippen molar-refractivity contribution in [3.8, 4) is 5.75 Å². The lowest BCUT2D eigenvalue weighted by Gasteiger charge is -2.17. The predicted octanol–water partition coefficient (Wildman–Crippen LogP) is 3.94. The maximum absolute atomic E-state index is 12.6. The van der Waals surface area contributed by atoms with Crippen LogP contribution in [0.15, 0.2) is 18.2 Å². The Morgan fingerprint density at radius 3 is 2.25 bits per heavy atom. The molecule has 0 bridgehead atoms. The van der Waals surface area contributed by atoms with E-state index in [1.807, 2.05) is 0 Å². The van der Waals surface area contributed by atoms with Gasteiger partial charge in [0.1, 0.15) is 5.56 Å². The Labute approximate surface area is 142 Å². The highest BCUT2D eigenvalue weighted by molar-refractivity contribution is 6.04. The quantitative estimate of drug-likeness (QED) is 0.353. The molecule has 5 heteroatoms. The summed E-state index contributed by atoms with van der Waals surface area (Å²) >= 11 is 0. The number of rotatable bonds is 5. The van der Waals surface area contributed by atoms with Crippen molar-refractivity contribution in [1.29, 1.82) is 0 Å². The Morgan fingerprint density at radius 2 is 1.67 bits per heavy atom. The molecule has 0 atom stereocenters. The minimum atomic E-state index is -0.621. The minimum Gasteiger partial charge on any atom is -0.465 e. The van der Waals surface area contributed by atoms with Crippen molar-refractivity contribution in [3.63, 3.8) is 0 Å². The van der Waals surface area contributed by atoms with Gasteiger partial charge in [0.2, 0.25) is 0 Å². The number of esters is 2. The normalized spacial score (nSPS) is 15.4. The second kappa shape index (κ2) is 8.62. The van der Waals surface area contributed by atoms with Crippen LogP contribution in [-0.4, -0.2) is 24.8 Å². The monoisotopic (exact) mass is 332 g/mol. The molecule has 0 spiro atoms. The van der Waals surface area contributed by atoms with E-state index >= 15 is 0 Å². The van der Waals surface area contributed by atoms with Crippen LogP contribution in [0, 0.1) is 5.92 Å². The van der Waals surface area contributed by atoms with Crippen molar-refractivity contribution in [2.75, 3.05) is 7.11 Å². The average molecular weight is 332 g/mol. The molecule has 0 saturated heterocycles. The average Bonchev–Trinajstić information content (AvgIpc) is 2.90. The first-order valence-corrected chi connectivity index (χ1v) is 8.54. The van der Waals surface area contributed by atoms with Crippen molar-refractivity contribution in [2.24, 2.45) is 5.92 Å². The van der Waals surface area contributed by atoms with Gasteiger partial charge in [-0.05, 0) is 25.0 Å². The highest BCUT2D eigenvalue weighted by Gasteiger charge is 2.27. The molecule has 1 aliphatic rings. The van der Waals surface area contributed by atoms with E-state index in [0.717, 1.165) is 38.5 Å². The van der Waals surface area contributed by atoms with Crippen LogP contribution in [0.5, 0.6) is 5.75 Å². The van der Waals surface area contributed by atoms with Gasteiger partial charge in [-0.1, -0.05) is 38.7 Å². The molecule has 0 N–H and O–H groups in total. The first-order valence-electron chi connectivity index (χ1n) is 8.54. The van der Waals surface area contributed by atoms with Gasteiger partial charge in [0.25, 0.3) is 0 Å². The number of carbonyl (C=O) groups is 3. The van der Waals surface area contributed by atoms with Gasteiger partial charge < -0.3 is 9.47 Å². The van der Waals surface area contributed by atoms with Crippen molar-refractivity contribution < 1.29 is 23.9 Å². The second-order valence-corrected chi connectivity index (χ2v) is 6.06. The summed E-state index contributed by atoms with van der Waals surface area (Å²) in [5.41, 5.74) is 0.362. The van der Waals surface area contributed by atoms with Crippen LogP contribution in [-0.2, 0) is 9.53 Å². The van der Waals surface area contributed by atoms with Gasteiger partial charge >= 0.3 is 11.9 Å². The summed E-state index contributed by atoms with van der Waals surface area (Å²) in [5, 5.41) is 0. The van der Waals surface area contributed by atoms with Gasteiger partial charge in [-0.2, -0.15) is 0 Å². The fourth-order valence-electron chi connectivity index (χ4n) is 3.03. The molecule has 1 fully saturated rings. The van der Waals surface area contributed by atoms with E-state index in [1.165, 1.54) is 13.2 Å². The van der Waals surface area contributed by atoms with E-state index < -0.39 is 5.97 Å². The molecule has 0 aliphatic heterocycles. The van der Waals surface area contributed by atoms with Gasteiger partial charge in [-0.3, -0.25) is 9.59 Å². The van der Waals surface area contributed by atoms with Crippen molar-refractivity contribution in [2.45, 2.75) is 51.9 Å². The van der Waals surface area contributed by atoms with Gasteiger partial charge in [-0.15, -0.1) is 0 Å². The predicted molar refractivity (Wildman–Crippen MR) is 89.2 cm³/mol. The number of para-hydroxylation sites is 1. The molecule has 0 unspecified atom stereocenters. The lowest BCUT2D eigenvalue weighted by atomic mass is 10.00. The summed E-state index contributed by atoms with van der Waals surface area (Å²) in [7, 11) is 1.26. The molecule has 0 aromatic heterocycles. The number of Topliss-reactive ketones (excluding diaryl/α,β-unsaturated/α-hetero) is 1. The topological polar surface area (TPSA) is 69.7 Å². The smallest absolute Gasteiger partial charge is 0.341 e. The zero-order valence-electron chi connectivity index (χ0n) is 14.3. The van der Waals surface area contributed by atoms with E-state index in [1.54, 1.807) is 19.1 Å². The second-order valence-electron chi connectivity index (χ2n) is 6.06. The molecular weight excluding hydrogens is 308 g/mol. The van der Waals surface area contributed by atoms with Crippen LogP contribution in [0.3, 0.4) is 0 Å². The fourth-order valence-corrected chi connectivity index (χ4v) is 3.03. The van der Waals surface area contributed by atoms with Crippen LogP contribution in [0.4, 0.5) is 0 Å². The van der Waals surface area contributed by atoms with Crippen molar-refractivity contribution in [3.05, 3.63) is 29.3 Å². The molecule has 0 radical (unpaired) electrons. The van der Waals surface area contributed by atoms with Crippen molar-refractivity contribution in [1.82, 2.24) is 0 Å². The first kappa shape index (κ1) is 18.2. The molecule has 1 saturated carbocycles. The molecule has 1 aliphatic carbocycles. The summed E-state index contributed by atoms with van der Waals surface area (Å²) in [6.45, 7) is 1.73. The summed E-state index contributed by atoms with van der Waals surface area (Å²) < 4.78 is 10.3. The van der Waals surface area contributed by atoms with Crippen LogP contribution in [0.1, 0.15) is 72.6 Å². The van der Waals surface area contributed by atoms with E-state index in [0.29, 0.717) is 0 Å². The molecule has 0 amide bonds. The van der Waals surface area contributed by atoms with Gasteiger partial charge in [0, 0.05) is 6.42 Å². The van der Waals surface area contributed by atoms with Crippen LogP contribution < -0.4 is 4.74 Å². The Bertz CT molecular complexity index is 578. The highest BCUT2D eigenvalue weighted by atomic mass is 16.5. The third kappa shape index (κ3) is 4.22. The lowest BCUT2D eigenvalue weighted by Crippen LogP contribution is -2.22. The standard InChI is InChI=1S/C19H24O5/c1-3-16(20)14-11-8-12-15(19(22)23-2)17(14)24-18(21)13-9-6-4-5-7-10-13/h8,11-13H,3-7,9-10H2,1-2H3. The Kier molecular flexibility index (Phi) is 6.53. The maximum Gasteiger partial charge on any atom is 0.341 e. The zero-order chi connectivity index (χ0) is 17.5. The number of benzene rings is 1. The summed E-state index contributed by atoms with van der Waals surface area (Å²) in [4.78, 5) is 36.7.